The van der Waals surface area contributed by atoms with E-state index in [0.29, 0.717) is 5.37 Å². The van der Waals surface area contributed by atoms with Gasteiger partial charge >= 0.3 is 0 Å². The molecule has 4 rings (SSSR count). The third-order valence-electron chi connectivity index (χ3n) is 4.21. The van der Waals surface area contributed by atoms with E-state index in [9.17, 15) is 0 Å². The van der Waals surface area contributed by atoms with Gasteiger partial charge in [-0.2, -0.15) is 0 Å². The number of rotatable bonds is 4. The Hall–Kier alpha value is -1.84. The van der Waals surface area contributed by atoms with Crippen LogP contribution in [0.3, 0.4) is 0 Å². The van der Waals surface area contributed by atoms with Crippen LogP contribution < -0.4 is 0 Å². The lowest BCUT2D eigenvalue weighted by atomic mass is 10.1. The first-order valence-corrected chi connectivity index (χ1v) is 9.02. The Morgan fingerprint density at radius 3 is 2.87 bits per heavy atom. The van der Waals surface area contributed by atoms with Crippen molar-refractivity contribution < 1.29 is 0 Å². The van der Waals surface area contributed by atoms with Crippen LogP contribution in [0.25, 0.3) is 10.9 Å². The van der Waals surface area contributed by atoms with Crippen molar-refractivity contribution in [1.29, 1.82) is 0 Å². The van der Waals surface area contributed by atoms with Gasteiger partial charge in [0.1, 0.15) is 5.37 Å². The van der Waals surface area contributed by atoms with E-state index in [4.69, 9.17) is 11.6 Å². The standard InChI is InChI=1S/C19H17ClN2S/c20-16-6-7-18-17(12-16)15(13-21-18)8-9-22-10-11-23-19(22)14-4-2-1-3-5-14/h1-7,10-13,19,21H,8-9H2. The Morgan fingerprint density at radius 2 is 2.00 bits per heavy atom. The molecule has 0 radical (unpaired) electrons. The van der Waals surface area contributed by atoms with Crippen LogP contribution in [-0.4, -0.2) is 16.4 Å². The van der Waals surface area contributed by atoms with Crippen molar-refractivity contribution in [3.8, 4) is 0 Å². The van der Waals surface area contributed by atoms with Crippen LogP contribution in [0.15, 0.2) is 66.3 Å². The summed E-state index contributed by atoms with van der Waals surface area (Å²) in [4.78, 5) is 5.74. The second-order valence-electron chi connectivity index (χ2n) is 5.68. The summed E-state index contributed by atoms with van der Waals surface area (Å²) >= 11 is 8.00. The normalized spacial score (nSPS) is 17.3. The first-order valence-electron chi connectivity index (χ1n) is 7.69. The van der Waals surface area contributed by atoms with Crippen LogP contribution in [0.4, 0.5) is 0 Å². The quantitative estimate of drug-likeness (QED) is 0.668. The molecular formula is C19H17ClN2S. The molecule has 4 heteroatoms. The van der Waals surface area contributed by atoms with E-state index in [2.05, 4.69) is 58.0 Å². The molecule has 0 saturated carbocycles. The number of aromatic amines is 1. The molecule has 0 spiro atoms. The summed E-state index contributed by atoms with van der Waals surface area (Å²) in [5.41, 5.74) is 3.82. The maximum atomic E-state index is 6.14. The number of nitrogens with one attached hydrogen (secondary N) is 1. The van der Waals surface area contributed by atoms with Crippen LogP contribution in [0.2, 0.25) is 5.02 Å². The number of halogens is 1. The van der Waals surface area contributed by atoms with Crippen molar-refractivity contribution in [3.63, 3.8) is 0 Å². The zero-order valence-corrected chi connectivity index (χ0v) is 14.1. The predicted molar refractivity (Wildman–Crippen MR) is 99.6 cm³/mol. The predicted octanol–water partition coefficient (Wildman–Crippen LogP) is 5.58. The first kappa shape index (κ1) is 14.7. The van der Waals surface area contributed by atoms with E-state index in [1.54, 1.807) is 0 Å². The average Bonchev–Trinajstić information content (AvgIpc) is 3.20. The van der Waals surface area contributed by atoms with Gasteiger partial charge in [-0.15, -0.1) is 11.8 Å². The van der Waals surface area contributed by atoms with Crippen LogP contribution in [0.1, 0.15) is 16.5 Å². The Morgan fingerprint density at radius 1 is 1.13 bits per heavy atom. The largest absolute Gasteiger partial charge is 0.361 e. The number of thioether (sulfide) groups is 1. The van der Waals surface area contributed by atoms with Crippen LogP contribution >= 0.6 is 23.4 Å². The van der Waals surface area contributed by atoms with E-state index in [0.717, 1.165) is 23.5 Å². The minimum absolute atomic E-state index is 0.380. The van der Waals surface area contributed by atoms with Crippen molar-refractivity contribution in [2.24, 2.45) is 0 Å². The number of aromatic nitrogens is 1. The van der Waals surface area contributed by atoms with Gasteiger partial charge in [-0.25, -0.2) is 0 Å². The average molecular weight is 341 g/mol. The highest BCUT2D eigenvalue weighted by molar-refractivity contribution is 8.02. The van der Waals surface area contributed by atoms with Gasteiger partial charge < -0.3 is 9.88 Å². The molecule has 0 aliphatic carbocycles. The van der Waals surface area contributed by atoms with Crippen molar-refractivity contribution in [2.45, 2.75) is 11.8 Å². The van der Waals surface area contributed by atoms with Crippen molar-refractivity contribution >= 4 is 34.3 Å². The summed E-state index contributed by atoms with van der Waals surface area (Å²) in [6, 6.07) is 16.7. The zero-order valence-electron chi connectivity index (χ0n) is 12.6. The van der Waals surface area contributed by atoms with Crippen molar-refractivity contribution in [1.82, 2.24) is 9.88 Å². The van der Waals surface area contributed by atoms with Gasteiger partial charge in [0.25, 0.3) is 0 Å². The number of nitrogens with zero attached hydrogens (tertiary/aromatic N) is 1. The number of hydrogen-bond acceptors (Lipinski definition) is 2. The monoisotopic (exact) mass is 340 g/mol. The summed E-state index contributed by atoms with van der Waals surface area (Å²) in [5, 5.41) is 4.58. The Kier molecular flexibility index (Phi) is 4.06. The second-order valence-corrected chi connectivity index (χ2v) is 7.10. The van der Waals surface area contributed by atoms with Gasteiger partial charge in [-0.1, -0.05) is 41.9 Å². The fourth-order valence-corrected chi connectivity index (χ4v) is 4.22. The molecular weight excluding hydrogens is 324 g/mol. The van der Waals surface area contributed by atoms with Gasteiger partial charge in [0.15, 0.2) is 0 Å². The lowest BCUT2D eigenvalue weighted by Crippen LogP contribution is -2.20. The molecule has 23 heavy (non-hydrogen) atoms. The van der Waals surface area contributed by atoms with E-state index < -0.39 is 0 Å². The molecule has 0 saturated heterocycles. The highest BCUT2D eigenvalue weighted by Crippen LogP contribution is 2.38. The van der Waals surface area contributed by atoms with Gasteiger partial charge in [-0.3, -0.25) is 0 Å². The van der Waals surface area contributed by atoms with Gasteiger partial charge in [0.2, 0.25) is 0 Å². The summed E-state index contributed by atoms with van der Waals surface area (Å²) < 4.78 is 0. The van der Waals surface area contributed by atoms with Crippen molar-refractivity contribution in [2.75, 3.05) is 6.54 Å². The topological polar surface area (TPSA) is 19.0 Å². The smallest absolute Gasteiger partial charge is 0.104 e. The summed E-state index contributed by atoms with van der Waals surface area (Å²) in [5.74, 6) is 0. The van der Waals surface area contributed by atoms with E-state index in [-0.39, 0.29) is 0 Å². The third-order valence-corrected chi connectivity index (χ3v) is 5.53. The van der Waals surface area contributed by atoms with Crippen LogP contribution in [0.5, 0.6) is 0 Å². The Bertz CT molecular complexity index is 841. The van der Waals surface area contributed by atoms with Crippen LogP contribution in [0, 0.1) is 0 Å². The van der Waals surface area contributed by atoms with E-state index >= 15 is 0 Å². The van der Waals surface area contributed by atoms with E-state index in [1.807, 2.05) is 30.0 Å². The molecule has 0 bridgehead atoms. The maximum absolute atomic E-state index is 6.14. The molecule has 1 N–H and O–H groups in total. The molecule has 1 aliphatic heterocycles. The fraction of sp³-hybridized carbons (Fsp3) is 0.158. The first-order chi connectivity index (χ1) is 11.3. The molecule has 2 aromatic carbocycles. The molecule has 1 aliphatic rings. The molecule has 1 unspecified atom stereocenters. The van der Waals surface area contributed by atoms with Crippen LogP contribution in [-0.2, 0) is 6.42 Å². The Balaban J connectivity index is 1.51. The summed E-state index contributed by atoms with van der Waals surface area (Å²) in [6.07, 6.45) is 5.30. The summed E-state index contributed by atoms with van der Waals surface area (Å²) in [7, 11) is 0. The minimum Gasteiger partial charge on any atom is -0.361 e. The molecule has 2 heterocycles. The highest BCUT2D eigenvalue weighted by Gasteiger charge is 2.21. The number of benzene rings is 2. The highest BCUT2D eigenvalue weighted by atomic mass is 35.5. The SMILES string of the molecule is Clc1ccc2[nH]cc(CCN3C=CSC3c3ccccc3)c2c1. The fourth-order valence-electron chi connectivity index (χ4n) is 3.03. The zero-order chi connectivity index (χ0) is 15.6. The summed E-state index contributed by atoms with van der Waals surface area (Å²) in [6.45, 7) is 0.989. The molecule has 2 nitrogen and oxygen atoms in total. The molecule has 1 aromatic heterocycles. The number of H-pyrrole nitrogens is 1. The lowest BCUT2D eigenvalue weighted by Gasteiger charge is -2.25. The minimum atomic E-state index is 0.380. The number of hydrogen-bond donors (Lipinski definition) is 1. The molecule has 0 amide bonds. The molecule has 1 atom stereocenters. The van der Waals surface area contributed by atoms with Gasteiger partial charge in [0.05, 0.1) is 0 Å². The van der Waals surface area contributed by atoms with E-state index in [1.165, 1.54) is 16.5 Å². The maximum Gasteiger partial charge on any atom is 0.104 e. The third kappa shape index (κ3) is 2.99. The van der Waals surface area contributed by atoms with Gasteiger partial charge in [0, 0.05) is 34.9 Å². The second kappa shape index (κ2) is 6.34. The van der Waals surface area contributed by atoms with Gasteiger partial charge in [-0.05, 0) is 41.2 Å². The van der Waals surface area contributed by atoms with Crippen molar-refractivity contribution in [3.05, 3.63) is 82.5 Å². The molecule has 3 aromatic rings. The number of fused-ring (bicyclic) bond motifs is 1. The molecule has 116 valence electrons. The molecule has 0 fully saturated rings. The lowest BCUT2D eigenvalue weighted by molar-refractivity contribution is 0.372. The Labute approximate surface area is 145 Å².